The molecule has 9 unspecified atom stereocenters. The molecule has 0 aromatic carbocycles. The molecule has 5 aliphatic carbocycles. The van der Waals surface area contributed by atoms with Gasteiger partial charge < -0.3 is 9.84 Å². The molecule has 1 saturated heterocycles. The third kappa shape index (κ3) is 2.97. The summed E-state index contributed by atoms with van der Waals surface area (Å²) in [4.78, 5) is 0. The average molecular weight is 483 g/mol. The normalized spacial score (nSPS) is 58.1. The summed E-state index contributed by atoms with van der Waals surface area (Å²) in [6, 6.07) is 0. The fourth-order valence-corrected chi connectivity index (χ4v) is 13.2. The Hall–Kier alpha value is -0.340. The zero-order valence-corrected chi connectivity index (χ0v) is 24.2. The van der Waals surface area contributed by atoms with Gasteiger partial charge in [-0.1, -0.05) is 52.7 Å². The van der Waals surface area contributed by atoms with Gasteiger partial charge in [-0.15, -0.1) is 0 Å². The summed E-state index contributed by atoms with van der Waals surface area (Å²) in [7, 11) is 0. The fraction of sp³-hybridized carbons (Fsp3) is 0.939. The van der Waals surface area contributed by atoms with E-state index in [-0.39, 0.29) is 11.7 Å². The molecule has 198 valence electrons. The van der Waals surface area contributed by atoms with E-state index in [2.05, 4.69) is 61.5 Å². The lowest BCUT2D eigenvalue weighted by Gasteiger charge is -2.71. The molecule has 2 heteroatoms. The number of ether oxygens (including phenoxy) is 1. The van der Waals surface area contributed by atoms with E-state index in [1.54, 1.807) is 0 Å². The molecule has 1 aliphatic heterocycles. The molecule has 5 saturated carbocycles. The Bertz CT molecular complexity index is 912. The Labute approximate surface area is 216 Å². The van der Waals surface area contributed by atoms with Crippen LogP contribution in [0.5, 0.6) is 0 Å². The summed E-state index contributed by atoms with van der Waals surface area (Å²) < 4.78 is 7.10. The number of fused-ring (bicyclic) bond motifs is 4. The van der Waals surface area contributed by atoms with Crippen LogP contribution in [0.3, 0.4) is 0 Å². The maximum Gasteiger partial charge on any atom is 0.0793 e. The van der Waals surface area contributed by atoms with Crippen LogP contribution in [-0.4, -0.2) is 22.4 Å². The Morgan fingerprint density at radius 3 is 2.34 bits per heavy atom. The number of allylic oxidation sites excluding steroid dienone is 1. The Kier molecular flexibility index (Phi) is 5.28. The van der Waals surface area contributed by atoms with E-state index in [0.29, 0.717) is 33.5 Å². The van der Waals surface area contributed by atoms with E-state index in [1.807, 2.05) is 0 Å². The largest absolute Gasteiger partial charge is 0.390 e. The van der Waals surface area contributed by atoms with Crippen molar-refractivity contribution in [3.05, 3.63) is 11.6 Å². The van der Waals surface area contributed by atoms with Crippen LogP contribution in [-0.2, 0) is 4.74 Å². The molecule has 2 spiro atoms. The monoisotopic (exact) mass is 482 g/mol. The smallest absolute Gasteiger partial charge is 0.0793 e. The van der Waals surface area contributed by atoms with Crippen molar-refractivity contribution in [3.63, 3.8) is 0 Å². The van der Waals surface area contributed by atoms with Gasteiger partial charge in [0.1, 0.15) is 0 Å². The van der Waals surface area contributed by atoms with E-state index >= 15 is 0 Å². The molecule has 1 N–H and O–H groups in total. The zero-order chi connectivity index (χ0) is 25.2. The molecule has 2 bridgehead atoms. The van der Waals surface area contributed by atoms with Crippen LogP contribution < -0.4 is 0 Å². The first-order valence-electron chi connectivity index (χ1n) is 15.3. The lowest BCUT2D eigenvalue weighted by molar-refractivity contribution is -0.248. The van der Waals surface area contributed by atoms with Crippen molar-refractivity contribution in [1.82, 2.24) is 0 Å². The predicted octanol–water partition coefficient (Wildman–Crippen LogP) is 8.33. The van der Waals surface area contributed by atoms with Gasteiger partial charge >= 0.3 is 0 Å². The van der Waals surface area contributed by atoms with Crippen molar-refractivity contribution < 1.29 is 9.84 Å². The average Bonchev–Trinajstić information content (AvgIpc) is 3.24. The second kappa shape index (κ2) is 7.40. The first-order valence-corrected chi connectivity index (χ1v) is 15.3. The van der Waals surface area contributed by atoms with Crippen molar-refractivity contribution in [1.29, 1.82) is 0 Å². The highest BCUT2D eigenvalue weighted by atomic mass is 16.5. The van der Waals surface area contributed by atoms with Gasteiger partial charge in [-0.2, -0.15) is 0 Å². The Morgan fingerprint density at radius 2 is 1.66 bits per heavy atom. The summed E-state index contributed by atoms with van der Waals surface area (Å²) in [5.41, 5.74) is 2.28. The van der Waals surface area contributed by atoms with Crippen molar-refractivity contribution >= 4 is 0 Å². The summed E-state index contributed by atoms with van der Waals surface area (Å²) in [6.45, 7) is 19.7. The van der Waals surface area contributed by atoms with Crippen LogP contribution in [0, 0.1) is 51.2 Å². The van der Waals surface area contributed by atoms with Gasteiger partial charge in [0.25, 0.3) is 0 Å². The fourth-order valence-electron chi connectivity index (χ4n) is 13.2. The standard InChI is InChI=1S/C33H54O2/c1-9-22-12-14-29(6)25(28(22,4)5)13-15-30(7)26(29)11-10-24-27-31(8,34)19-23(18-21(2)3)35-33(27)17-16-32(24,30)20-33/h18,22-27,34H,9-17,19-20H2,1-8H3/t22-,23?,24?,25?,26?,27?,29-,30?,31?,32?,33?/m0/s1. The van der Waals surface area contributed by atoms with Gasteiger partial charge in [-0.05, 0) is 124 Å². The van der Waals surface area contributed by atoms with Crippen molar-refractivity contribution in [2.24, 2.45) is 51.2 Å². The SMILES string of the molecule is CC[C@H]1CC[C@@]2(C)C(CCC3(C)C2CCC2C4C(C)(O)CC(C=C(C)C)OC45CCC23C5)C1(C)C. The van der Waals surface area contributed by atoms with Gasteiger partial charge in [-0.25, -0.2) is 0 Å². The quantitative estimate of drug-likeness (QED) is 0.401. The Balaban J connectivity index is 1.39. The number of hydrogen-bond acceptors (Lipinski definition) is 2. The molecule has 0 amide bonds. The first-order chi connectivity index (χ1) is 16.3. The van der Waals surface area contributed by atoms with E-state index in [1.165, 1.54) is 69.8 Å². The lowest BCUT2D eigenvalue weighted by atomic mass is 9.34. The van der Waals surface area contributed by atoms with Gasteiger partial charge in [-0.3, -0.25) is 0 Å². The first kappa shape index (κ1) is 25.0. The highest BCUT2D eigenvalue weighted by Gasteiger charge is 2.79. The maximum absolute atomic E-state index is 12.0. The van der Waals surface area contributed by atoms with Crippen LogP contribution in [0.2, 0.25) is 0 Å². The van der Waals surface area contributed by atoms with Crippen LogP contribution in [0.25, 0.3) is 0 Å². The van der Waals surface area contributed by atoms with Crippen LogP contribution in [0.4, 0.5) is 0 Å². The third-order valence-corrected chi connectivity index (χ3v) is 14.2. The molecule has 0 aromatic rings. The van der Waals surface area contributed by atoms with Crippen LogP contribution in [0.15, 0.2) is 11.6 Å². The second-order valence-corrected chi connectivity index (χ2v) is 16.1. The minimum absolute atomic E-state index is 0.0727. The lowest BCUT2D eigenvalue weighted by Crippen LogP contribution is -2.65. The third-order valence-electron chi connectivity index (χ3n) is 14.2. The van der Waals surface area contributed by atoms with E-state index in [4.69, 9.17) is 4.74 Å². The molecule has 0 aromatic heterocycles. The van der Waals surface area contributed by atoms with E-state index in [9.17, 15) is 5.11 Å². The van der Waals surface area contributed by atoms with Crippen molar-refractivity contribution in [2.45, 2.75) is 143 Å². The molecule has 6 fully saturated rings. The molecule has 0 radical (unpaired) electrons. The van der Waals surface area contributed by atoms with Crippen molar-refractivity contribution in [2.75, 3.05) is 0 Å². The highest BCUT2D eigenvalue weighted by Crippen LogP contribution is 2.82. The molecular formula is C33H54O2. The minimum Gasteiger partial charge on any atom is -0.390 e. The van der Waals surface area contributed by atoms with Gasteiger partial charge in [0, 0.05) is 12.3 Å². The minimum atomic E-state index is -0.618. The van der Waals surface area contributed by atoms with Crippen LogP contribution in [0.1, 0.15) is 126 Å². The van der Waals surface area contributed by atoms with E-state index in [0.717, 1.165) is 24.2 Å². The molecule has 35 heavy (non-hydrogen) atoms. The summed E-state index contributed by atoms with van der Waals surface area (Å²) in [6.07, 6.45) is 16.6. The van der Waals surface area contributed by atoms with Gasteiger partial charge in [0.05, 0.1) is 17.3 Å². The molecule has 2 nitrogen and oxygen atoms in total. The van der Waals surface area contributed by atoms with E-state index < -0.39 is 5.60 Å². The van der Waals surface area contributed by atoms with Gasteiger partial charge in [0.15, 0.2) is 0 Å². The topological polar surface area (TPSA) is 29.5 Å². The summed E-state index contributed by atoms with van der Waals surface area (Å²) >= 11 is 0. The summed E-state index contributed by atoms with van der Waals surface area (Å²) in [5.74, 6) is 3.54. The number of rotatable bonds is 2. The zero-order valence-electron chi connectivity index (χ0n) is 24.2. The van der Waals surface area contributed by atoms with Crippen LogP contribution >= 0.6 is 0 Å². The molecular weight excluding hydrogens is 428 g/mol. The second-order valence-electron chi connectivity index (χ2n) is 16.1. The Morgan fingerprint density at radius 1 is 0.914 bits per heavy atom. The summed E-state index contributed by atoms with van der Waals surface area (Å²) in [5, 5.41) is 12.0. The molecule has 11 atom stereocenters. The number of aliphatic hydroxyl groups is 1. The highest BCUT2D eigenvalue weighted by molar-refractivity contribution is 5.29. The van der Waals surface area contributed by atoms with Gasteiger partial charge in [0.2, 0.25) is 0 Å². The molecule has 1 heterocycles. The van der Waals surface area contributed by atoms with Crippen molar-refractivity contribution in [3.8, 4) is 0 Å². The predicted molar refractivity (Wildman–Crippen MR) is 144 cm³/mol. The molecule has 6 rings (SSSR count). The number of hydrogen-bond donors (Lipinski definition) is 1. The molecule has 6 aliphatic rings. The maximum atomic E-state index is 12.0.